The lowest BCUT2D eigenvalue weighted by molar-refractivity contribution is -0.126. The SMILES string of the molecule is CC#CC(=O)N1CCC[C@@H](Nc2nc(Nc3ccc(N4CCN(C)CC4)cc3)nc3[nH]cc(Cl)c23)C1. The Morgan fingerprint density at radius 2 is 1.92 bits per heavy atom. The molecule has 1 aromatic carbocycles. The van der Waals surface area contributed by atoms with E-state index >= 15 is 0 Å². The highest BCUT2D eigenvalue weighted by Crippen LogP contribution is 2.31. The van der Waals surface area contributed by atoms with Crippen molar-refractivity contribution in [3.8, 4) is 11.8 Å². The summed E-state index contributed by atoms with van der Waals surface area (Å²) in [6, 6.07) is 8.40. The molecule has 5 rings (SSSR count). The molecule has 0 radical (unpaired) electrons. The summed E-state index contributed by atoms with van der Waals surface area (Å²) in [5.41, 5.74) is 2.77. The molecule has 36 heavy (non-hydrogen) atoms. The van der Waals surface area contributed by atoms with Crippen molar-refractivity contribution < 1.29 is 4.79 Å². The standard InChI is InChI=1S/C26H31ClN8O/c1-3-5-22(36)35-11-4-6-19(17-35)29-25-23-21(27)16-28-24(23)31-26(32-25)30-18-7-9-20(10-8-18)34-14-12-33(2)13-15-34/h7-10,16,19H,4,6,11-15,17H2,1-2H3,(H3,28,29,30,31,32)/t19-/m1/s1. The lowest BCUT2D eigenvalue weighted by atomic mass is 10.1. The number of nitrogens with one attached hydrogen (secondary N) is 3. The van der Waals surface area contributed by atoms with Gasteiger partial charge in [0.15, 0.2) is 0 Å². The Hall–Kier alpha value is -3.48. The Labute approximate surface area is 216 Å². The van der Waals surface area contributed by atoms with Crippen LogP contribution in [0.15, 0.2) is 30.5 Å². The Bertz CT molecular complexity index is 1290. The van der Waals surface area contributed by atoms with Crippen LogP contribution in [0.2, 0.25) is 5.02 Å². The highest BCUT2D eigenvalue weighted by Gasteiger charge is 2.24. The van der Waals surface area contributed by atoms with Crippen molar-refractivity contribution in [3.05, 3.63) is 35.5 Å². The average molecular weight is 507 g/mol. The fourth-order valence-electron chi connectivity index (χ4n) is 4.76. The van der Waals surface area contributed by atoms with E-state index in [1.807, 2.05) is 0 Å². The maximum absolute atomic E-state index is 12.3. The molecule has 1 amide bonds. The molecular weight excluding hydrogens is 476 g/mol. The van der Waals surface area contributed by atoms with E-state index in [1.165, 1.54) is 5.69 Å². The molecule has 3 aromatic rings. The van der Waals surface area contributed by atoms with Crippen LogP contribution in [0.25, 0.3) is 11.0 Å². The van der Waals surface area contributed by atoms with Crippen LogP contribution >= 0.6 is 11.6 Å². The number of carbonyl (C=O) groups excluding carboxylic acids is 1. The second kappa shape index (κ2) is 10.6. The number of carbonyl (C=O) groups is 1. The summed E-state index contributed by atoms with van der Waals surface area (Å²) < 4.78 is 0. The van der Waals surface area contributed by atoms with Gasteiger partial charge in [-0.3, -0.25) is 4.79 Å². The molecule has 2 saturated heterocycles. The second-order valence-electron chi connectivity index (χ2n) is 9.33. The van der Waals surface area contributed by atoms with Crippen LogP contribution in [0.1, 0.15) is 19.8 Å². The van der Waals surface area contributed by atoms with Crippen molar-refractivity contribution in [3.63, 3.8) is 0 Å². The highest BCUT2D eigenvalue weighted by molar-refractivity contribution is 6.36. The van der Waals surface area contributed by atoms with Crippen LogP contribution in [-0.4, -0.2) is 83.0 Å². The van der Waals surface area contributed by atoms with Gasteiger partial charge in [-0.15, -0.1) is 0 Å². The van der Waals surface area contributed by atoms with Crippen LogP contribution < -0.4 is 15.5 Å². The number of halogens is 1. The van der Waals surface area contributed by atoms with Gasteiger partial charge in [0, 0.05) is 62.9 Å². The highest BCUT2D eigenvalue weighted by atomic mass is 35.5. The van der Waals surface area contributed by atoms with Gasteiger partial charge in [0.2, 0.25) is 5.95 Å². The third-order valence-corrected chi connectivity index (χ3v) is 7.05. The molecular formula is C26H31ClN8O. The van der Waals surface area contributed by atoms with E-state index < -0.39 is 0 Å². The third kappa shape index (κ3) is 5.35. The fourth-order valence-corrected chi connectivity index (χ4v) is 5.00. The normalized spacial score (nSPS) is 18.6. The van der Waals surface area contributed by atoms with Gasteiger partial charge in [-0.1, -0.05) is 17.5 Å². The predicted octanol–water partition coefficient (Wildman–Crippen LogP) is 3.53. The molecule has 2 aromatic heterocycles. The molecule has 2 fully saturated rings. The van der Waals surface area contributed by atoms with Crippen LogP contribution in [0.3, 0.4) is 0 Å². The molecule has 3 N–H and O–H groups in total. The first kappa shape index (κ1) is 24.2. The van der Waals surface area contributed by atoms with Crippen LogP contribution in [-0.2, 0) is 4.79 Å². The van der Waals surface area contributed by atoms with Gasteiger partial charge in [0.1, 0.15) is 11.5 Å². The maximum atomic E-state index is 12.3. The number of nitrogens with zero attached hydrogens (tertiary/aromatic N) is 5. The Morgan fingerprint density at radius 3 is 2.67 bits per heavy atom. The zero-order valence-electron chi connectivity index (χ0n) is 20.6. The smallest absolute Gasteiger partial charge is 0.298 e. The number of rotatable bonds is 5. The largest absolute Gasteiger partial charge is 0.369 e. The average Bonchev–Trinajstić information content (AvgIpc) is 3.26. The number of anilines is 4. The lowest BCUT2D eigenvalue weighted by Crippen LogP contribution is -2.44. The van der Waals surface area contributed by atoms with E-state index in [-0.39, 0.29) is 11.9 Å². The molecule has 4 heterocycles. The summed E-state index contributed by atoms with van der Waals surface area (Å²) >= 11 is 6.47. The van der Waals surface area contributed by atoms with Gasteiger partial charge < -0.3 is 30.3 Å². The molecule has 2 aliphatic rings. The van der Waals surface area contributed by atoms with Gasteiger partial charge in [0.05, 0.1) is 10.4 Å². The summed E-state index contributed by atoms with van der Waals surface area (Å²) in [5.74, 6) is 6.31. The van der Waals surface area contributed by atoms with Gasteiger partial charge in [0.25, 0.3) is 5.91 Å². The second-order valence-corrected chi connectivity index (χ2v) is 9.74. The van der Waals surface area contributed by atoms with Crippen LogP contribution in [0.4, 0.5) is 23.1 Å². The van der Waals surface area contributed by atoms with E-state index in [4.69, 9.17) is 16.6 Å². The molecule has 2 aliphatic heterocycles. The molecule has 188 valence electrons. The number of piperidine rings is 1. The molecule has 0 saturated carbocycles. The minimum absolute atomic E-state index is 0.0427. The van der Waals surface area contributed by atoms with Crippen molar-refractivity contribution in [2.24, 2.45) is 0 Å². The van der Waals surface area contributed by atoms with Crippen molar-refractivity contribution in [1.29, 1.82) is 0 Å². The zero-order valence-corrected chi connectivity index (χ0v) is 21.4. The summed E-state index contributed by atoms with van der Waals surface area (Å²) in [4.78, 5) is 31.3. The van der Waals surface area contributed by atoms with E-state index in [0.717, 1.165) is 50.1 Å². The predicted molar refractivity (Wildman–Crippen MR) is 145 cm³/mol. The van der Waals surface area contributed by atoms with Gasteiger partial charge in [-0.05, 0) is 57.0 Å². The topological polar surface area (TPSA) is 92.4 Å². The summed E-state index contributed by atoms with van der Waals surface area (Å²) in [5, 5.41) is 8.13. The first-order valence-corrected chi connectivity index (χ1v) is 12.7. The summed E-state index contributed by atoms with van der Waals surface area (Å²) in [6.07, 6.45) is 3.54. The van der Waals surface area contributed by atoms with Gasteiger partial charge >= 0.3 is 0 Å². The number of fused-ring (bicyclic) bond motifs is 1. The van der Waals surface area contributed by atoms with Crippen LogP contribution in [0.5, 0.6) is 0 Å². The van der Waals surface area contributed by atoms with Crippen molar-refractivity contribution >= 4 is 51.7 Å². The lowest BCUT2D eigenvalue weighted by Gasteiger charge is -2.34. The number of hydrogen-bond donors (Lipinski definition) is 3. The first-order chi connectivity index (χ1) is 17.5. The van der Waals surface area contributed by atoms with Crippen molar-refractivity contribution in [1.82, 2.24) is 24.8 Å². The number of aromatic nitrogens is 3. The number of H-pyrrole nitrogens is 1. The van der Waals surface area contributed by atoms with E-state index in [2.05, 4.69) is 73.6 Å². The number of hydrogen-bond acceptors (Lipinski definition) is 7. The van der Waals surface area contributed by atoms with Crippen molar-refractivity contribution in [2.45, 2.75) is 25.8 Å². The minimum atomic E-state index is -0.140. The van der Waals surface area contributed by atoms with Gasteiger partial charge in [-0.2, -0.15) is 9.97 Å². The number of likely N-dealkylation sites (N-methyl/N-ethyl adjacent to an activating group) is 1. The number of benzene rings is 1. The maximum Gasteiger partial charge on any atom is 0.298 e. The van der Waals surface area contributed by atoms with Crippen LogP contribution in [0, 0.1) is 11.8 Å². The van der Waals surface area contributed by atoms with Gasteiger partial charge in [-0.25, -0.2) is 0 Å². The summed E-state index contributed by atoms with van der Waals surface area (Å²) in [6.45, 7) is 7.16. The first-order valence-electron chi connectivity index (χ1n) is 12.3. The number of aromatic amines is 1. The molecule has 0 unspecified atom stereocenters. The minimum Gasteiger partial charge on any atom is -0.369 e. The molecule has 0 aliphatic carbocycles. The van der Waals surface area contributed by atoms with E-state index in [0.29, 0.717) is 35.5 Å². The quantitative estimate of drug-likeness (QED) is 0.456. The number of amides is 1. The molecule has 9 nitrogen and oxygen atoms in total. The zero-order chi connectivity index (χ0) is 25.1. The van der Waals surface area contributed by atoms with E-state index in [1.54, 1.807) is 18.0 Å². The Morgan fingerprint density at radius 1 is 1.14 bits per heavy atom. The number of likely N-dealkylation sites (tertiary alicyclic amines) is 1. The summed E-state index contributed by atoms with van der Waals surface area (Å²) in [7, 11) is 2.16. The molecule has 0 bridgehead atoms. The Kier molecular flexibility index (Phi) is 7.16. The monoisotopic (exact) mass is 506 g/mol. The third-order valence-electron chi connectivity index (χ3n) is 6.76. The molecule has 0 spiro atoms. The number of piperazine rings is 1. The fraction of sp³-hybridized carbons (Fsp3) is 0.423. The molecule has 1 atom stereocenters. The Balaban J connectivity index is 1.33. The van der Waals surface area contributed by atoms with Crippen molar-refractivity contribution in [2.75, 3.05) is 61.8 Å². The van der Waals surface area contributed by atoms with E-state index in [9.17, 15) is 4.79 Å². The molecule has 10 heteroatoms.